The van der Waals surface area contributed by atoms with Crippen molar-refractivity contribution in [3.8, 4) is 0 Å². The second-order valence-electron chi connectivity index (χ2n) is 4.89. The maximum atomic E-state index is 11.4. The average molecular weight is 201 g/mol. The summed E-state index contributed by atoms with van der Waals surface area (Å²) in [6.07, 6.45) is -0.622. The van der Waals surface area contributed by atoms with Crippen LogP contribution in [0.5, 0.6) is 0 Å². The lowest BCUT2D eigenvalue weighted by Crippen LogP contribution is -2.54. The van der Waals surface area contributed by atoms with E-state index in [9.17, 15) is 9.90 Å². The van der Waals surface area contributed by atoms with Crippen molar-refractivity contribution in [1.82, 2.24) is 4.90 Å². The number of ether oxygens (including phenoxy) is 1. The molecule has 0 aromatic rings. The van der Waals surface area contributed by atoms with Crippen molar-refractivity contribution in [1.29, 1.82) is 0 Å². The fourth-order valence-corrected chi connectivity index (χ4v) is 1.29. The van der Waals surface area contributed by atoms with Crippen LogP contribution in [0.2, 0.25) is 0 Å². The van der Waals surface area contributed by atoms with Gasteiger partial charge in [0.05, 0.1) is 6.10 Å². The molecule has 14 heavy (non-hydrogen) atoms. The Labute approximate surface area is 84.8 Å². The molecule has 0 aliphatic carbocycles. The van der Waals surface area contributed by atoms with Gasteiger partial charge in [-0.3, -0.25) is 0 Å². The Balaban J connectivity index is 2.30. The van der Waals surface area contributed by atoms with Crippen LogP contribution >= 0.6 is 0 Å². The Morgan fingerprint density at radius 2 is 2.00 bits per heavy atom. The molecule has 4 nitrogen and oxygen atoms in total. The third kappa shape index (κ3) is 2.87. The van der Waals surface area contributed by atoms with Crippen molar-refractivity contribution in [2.45, 2.75) is 39.4 Å². The van der Waals surface area contributed by atoms with Crippen molar-refractivity contribution in [2.24, 2.45) is 5.92 Å². The number of aliphatic hydroxyl groups excluding tert-OH is 1. The van der Waals surface area contributed by atoms with Gasteiger partial charge in [-0.15, -0.1) is 0 Å². The summed E-state index contributed by atoms with van der Waals surface area (Å²) in [5.74, 6) is 0.211. The van der Waals surface area contributed by atoms with Gasteiger partial charge >= 0.3 is 6.09 Å². The van der Waals surface area contributed by atoms with Gasteiger partial charge in [0.25, 0.3) is 0 Å². The first kappa shape index (κ1) is 11.3. The lowest BCUT2D eigenvalue weighted by atomic mass is 9.95. The Morgan fingerprint density at radius 1 is 1.50 bits per heavy atom. The number of hydrogen-bond donors (Lipinski definition) is 1. The maximum Gasteiger partial charge on any atom is 0.410 e. The van der Waals surface area contributed by atoms with Crippen molar-refractivity contribution >= 4 is 6.09 Å². The molecule has 1 saturated heterocycles. The lowest BCUT2D eigenvalue weighted by molar-refractivity contribution is -0.0261. The monoisotopic (exact) mass is 201 g/mol. The highest BCUT2D eigenvalue weighted by Gasteiger charge is 2.35. The third-order valence-corrected chi connectivity index (χ3v) is 2.24. The van der Waals surface area contributed by atoms with Gasteiger partial charge in [0.2, 0.25) is 0 Å². The Bertz CT molecular complexity index is 214. The van der Waals surface area contributed by atoms with Gasteiger partial charge in [0.1, 0.15) is 5.60 Å². The molecule has 82 valence electrons. The predicted molar refractivity (Wildman–Crippen MR) is 53.0 cm³/mol. The smallest absolute Gasteiger partial charge is 0.410 e. The zero-order valence-corrected chi connectivity index (χ0v) is 9.28. The molecule has 1 fully saturated rings. The van der Waals surface area contributed by atoms with E-state index in [0.29, 0.717) is 13.1 Å². The number of aliphatic hydroxyl groups is 1. The molecule has 0 bridgehead atoms. The van der Waals surface area contributed by atoms with Crippen molar-refractivity contribution in [3.63, 3.8) is 0 Å². The van der Waals surface area contributed by atoms with Gasteiger partial charge in [-0.2, -0.15) is 0 Å². The first-order chi connectivity index (χ1) is 6.29. The van der Waals surface area contributed by atoms with E-state index in [1.807, 2.05) is 20.8 Å². The van der Waals surface area contributed by atoms with Crippen LogP contribution in [0.15, 0.2) is 0 Å². The standard InChI is InChI=1S/C10H19NO3/c1-7(12)8-5-11(6-8)9(13)14-10(2,3)4/h7-8,12H,5-6H2,1-4H3/t7-/m0/s1. The molecular formula is C10H19NO3. The summed E-state index contributed by atoms with van der Waals surface area (Å²) in [6, 6.07) is 0. The van der Waals surface area contributed by atoms with E-state index < -0.39 is 5.60 Å². The predicted octanol–water partition coefficient (Wildman–Crippen LogP) is 1.23. The highest BCUT2D eigenvalue weighted by molar-refractivity contribution is 5.69. The summed E-state index contributed by atoms with van der Waals surface area (Å²) in [5.41, 5.74) is -0.437. The van der Waals surface area contributed by atoms with Crippen LogP contribution in [0.4, 0.5) is 4.79 Å². The molecular weight excluding hydrogens is 182 g/mol. The minimum Gasteiger partial charge on any atom is -0.444 e. The van der Waals surface area contributed by atoms with Crippen molar-refractivity contribution in [2.75, 3.05) is 13.1 Å². The lowest BCUT2D eigenvalue weighted by Gasteiger charge is -2.41. The second kappa shape index (κ2) is 3.77. The summed E-state index contributed by atoms with van der Waals surface area (Å²) in [4.78, 5) is 13.0. The largest absolute Gasteiger partial charge is 0.444 e. The second-order valence-corrected chi connectivity index (χ2v) is 4.89. The van der Waals surface area contributed by atoms with Crippen LogP contribution in [-0.4, -0.2) is 40.9 Å². The van der Waals surface area contributed by atoms with Crippen LogP contribution in [0, 0.1) is 5.92 Å². The maximum absolute atomic E-state index is 11.4. The van der Waals surface area contributed by atoms with E-state index in [4.69, 9.17) is 4.74 Å². The average Bonchev–Trinajstić information content (AvgIpc) is 1.75. The Morgan fingerprint density at radius 3 is 2.36 bits per heavy atom. The number of likely N-dealkylation sites (tertiary alicyclic amines) is 1. The molecule has 0 radical (unpaired) electrons. The van der Waals surface area contributed by atoms with E-state index in [1.165, 1.54) is 0 Å². The van der Waals surface area contributed by atoms with Crippen molar-refractivity contribution in [3.05, 3.63) is 0 Å². The fourth-order valence-electron chi connectivity index (χ4n) is 1.29. The molecule has 1 aliphatic rings. The molecule has 4 heteroatoms. The molecule has 1 atom stereocenters. The summed E-state index contributed by atoms with van der Waals surface area (Å²) in [6.45, 7) is 8.49. The number of hydrogen-bond acceptors (Lipinski definition) is 3. The molecule has 1 heterocycles. The van der Waals surface area contributed by atoms with Gasteiger partial charge in [-0.1, -0.05) is 0 Å². The molecule has 0 saturated carbocycles. The highest BCUT2D eigenvalue weighted by atomic mass is 16.6. The molecule has 1 N–H and O–H groups in total. The SMILES string of the molecule is C[C@H](O)C1CN(C(=O)OC(C)(C)C)C1. The quantitative estimate of drug-likeness (QED) is 0.694. The van der Waals surface area contributed by atoms with E-state index in [-0.39, 0.29) is 18.1 Å². The van der Waals surface area contributed by atoms with E-state index >= 15 is 0 Å². The van der Waals surface area contributed by atoms with Gasteiger partial charge in [0.15, 0.2) is 0 Å². The summed E-state index contributed by atoms with van der Waals surface area (Å²) in [5, 5.41) is 9.23. The number of carbonyl (C=O) groups is 1. The third-order valence-electron chi connectivity index (χ3n) is 2.24. The normalized spacial score (nSPS) is 20.2. The van der Waals surface area contributed by atoms with Crippen LogP contribution in [0.1, 0.15) is 27.7 Å². The van der Waals surface area contributed by atoms with Gasteiger partial charge in [0, 0.05) is 19.0 Å². The summed E-state index contributed by atoms with van der Waals surface area (Å²) >= 11 is 0. The minimum atomic E-state index is -0.437. The molecule has 0 unspecified atom stereocenters. The van der Waals surface area contributed by atoms with Gasteiger partial charge in [-0.25, -0.2) is 4.79 Å². The van der Waals surface area contributed by atoms with Crippen LogP contribution in [-0.2, 0) is 4.74 Å². The molecule has 0 aromatic heterocycles. The number of amides is 1. The van der Waals surface area contributed by atoms with Gasteiger partial charge in [-0.05, 0) is 27.7 Å². The van der Waals surface area contributed by atoms with E-state index in [0.717, 1.165) is 0 Å². The van der Waals surface area contributed by atoms with Crippen molar-refractivity contribution < 1.29 is 14.6 Å². The Hall–Kier alpha value is -0.770. The zero-order valence-electron chi connectivity index (χ0n) is 9.28. The van der Waals surface area contributed by atoms with Gasteiger partial charge < -0.3 is 14.7 Å². The minimum absolute atomic E-state index is 0.211. The first-order valence-corrected chi connectivity index (χ1v) is 4.95. The number of carbonyl (C=O) groups excluding carboxylic acids is 1. The topological polar surface area (TPSA) is 49.8 Å². The molecule has 0 aromatic carbocycles. The first-order valence-electron chi connectivity index (χ1n) is 4.95. The van der Waals surface area contributed by atoms with Crippen LogP contribution in [0.3, 0.4) is 0 Å². The summed E-state index contributed by atoms with van der Waals surface area (Å²) < 4.78 is 5.18. The molecule has 1 amide bonds. The summed E-state index contributed by atoms with van der Waals surface area (Å²) in [7, 11) is 0. The highest BCUT2D eigenvalue weighted by Crippen LogP contribution is 2.21. The van der Waals surface area contributed by atoms with E-state index in [1.54, 1.807) is 11.8 Å². The van der Waals surface area contributed by atoms with Crippen LogP contribution < -0.4 is 0 Å². The molecule has 1 aliphatic heterocycles. The zero-order chi connectivity index (χ0) is 10.9. The fraction of sp³-hybridized carbons (Fsp3) is 0.900. The molecule has 1 rings (SSSR count). The Kier molecular flexibility index (Phi) is 3.04. The number of rotatable bonds is 1. The van der Waals surface area contributed by atoms with E-state index in [2.05, 4.69) is 0 Å². The molecule has 0 spiro atoms. The number of nitrogens with zero attached hydrogens (tertiary/aromatic N) is 1. The van der Waals surface area contributed by atoms with Crippen LogP contribution in [0.25, 0.3) is 0 Å².